The Morgan fingerprint density at radius 2 is 2.00 bits per heavy atom. The summed E-state index contributed by atoms with van der Waals surface area (Å²) in [5.41, 5.74) is 1.51. The van der Waals surface area contributed by atoms with Crippen molar-refractivity contribution >= 4 is 28.9 Å². The molecule has 0 bridgehead atoms. The SMILES string of the molecule is CCn1cnc(Nc2cc(C)cc(-c3cnc(C4(O)CCC(C(=O)OC(C)(C)C)CC4)s3)c2)n1. The Balaban J connectivity index is 1.47. The van der Waals surface area contributed by atoms with Crippen LogP contribution in [0.5, 0.6) is 0 Å². The van der Waals surface area contributed by atoms with Gasteiger partial charge in [-0.3, -0.25) is 9.48 Å². The zero-order valence-electron chi connectivity index (χ0n) is 20.5. The van der Waals surface area contributed by atoms with Gasteiger partial charge >= 0.3 is 5.97 Å². The molecule has 1 aromatic carbocycles. The van der Waals surface area contributed by atoms with Gasteiger partial charge in [0, 0.05) is 18.4 Å². The van der Waals surface area contributed by atoms with E-state index in [1.54, 1.807) is 11.0 Å². The predicted molar refractivity (Wildman–Crippen MR) is 133 cm³/mol. The third kappa shape index (κ3) is 5.64. The minimum atomic E-state index is -1.01. The van der Waals surface area contributed by atoms with Crippen LogP contribution in [0.4, 0.5) is 11.6 Å². The van der Waals surface area contributed by atoms with Gasteiger partial charge in [0.1, 0.15) is 22.5 Å². The lowest BCUT2D eigenvalue weighted by Crippen LogP contribution is -2.36. The van der Waals surface area contributed by atoms with Crippen molar-refractivity contribution in [3.05, 3.63) is 41.3 Å². The van der Waals surface area contributed by atoms with Crippen molar-refractivity contribution in [1.29, 1.82) is 0 Å². The molecule has 1 aliphatic rings. The van der Waals surface area contributed by atoms with Gasteiger partial charge in [-0.25, -0.2) is 9.97 Å². The molecule has 3 aromatic rings. The van der Waals surface area contributed by atoms with Crippen LogP contribution in [-0.4, -0.2) is 36.4 Å². The van der Waals surface area contributed by atoms with Crippen LogP contribution < -0.4 is 5.32 Å². The molecule has 2 N–H and O–H groups in total. The molecule has 1 aliphatic carbocycles. The van der Waals surface area contributed by atoms with E-state index < -0.39 is 11.2 Å². The average molecular weight is 484 g/mol. The lowest BCUT2D eigenvalue weighted by molar-refractivity contribution is -0.163. The molecule has 0 saturated heterocycles. The molecule has 2 heterocycles. The number of esters is 1. The Morgan fingerprint density at radius 1 is 1.26 bits per heavy atom. The summed E-state index contributed by atoms with van der Waals surface area (Å²) in [4.78, 5) is 22.3. The van der Waals surface area contributed by atoms with Crippen molar-refractivity contribution in [2.75, 3.05) is 5.32 Å². The molecule has 0 aliphatic heterocycles. The first-order chi connectivity index (χ1) is 16.0. The standard InChI is InChI=1S/C25H33N5O3S/c1-6-30-15-27-23(29-30)28-19-12-16(2)11-18(13-19)20-14-26-22(34-20)25(32)9-7-17(8-10-25)21(31)33-24(3,4)5/h11-15,17,32H,6-10H2,1-5H3,(H,28,29). The van der Waals surface area contributed by atoms with Crippen molar-refractivity contribution < 1.29 is 14.6 Å². The van der Waals surface area contributed by atoms with E-state index in [9.17, 15) is 9.90 Å². The van der Waals surface area contributed by atoms with Crippen LogP contribution in [-0.2, 0) is 21.7 Å². The molecule has 34 heavy (non-hydrogen) atoms. The van der Waals surface area contributed by atoms with Gasteiger partial charge < -0.3 is 15.2 Å². The number of hydrogen-bond donors (Lipinski definition) is 2. The Kier molecular flexibility index (Phi) is 6.78. The summed E-state index contributed by atoms with van der Waals surface area (Å²) in [6, 6.07) is 6.19. The summed E-state index contributed by atoms with van der Waals surface area (Å²) in [5.74, 6) is 0.209. The van der Waals surface area contributed by atoms with Gasteiger partial charge in [0.05, 0.1) is 10.8 Å². The van der Waals surface area contributed by atoms with Crippen molar-refractivity contribution in [3.8, 4) is 10.4 Å². The highest BCUT2D eigenvalue weighted by atomic mass is 32.1. The van der Waals surface area contributed by atoms with E-state index in [4.69, 9.17) is 4.74 Å². The van der Waals surface area contributed by atoms with Gasteiger partial charge in [-0.15, -0.1) is 16.4 Å². The minimum absolute atomic E-state index is 0.172. The molecular formula is C25H33N5O3S. The number of ether oxygens (including phenoxy) is 1. The van der Waals surface area contributed by atoms with Gasteiger partial charge in [-0.2, -0.15) is 0 Å². The summed E-state index contributed by atoms with van der Waals surface area (Å²) in [7, 11) is 0. The summed E-state index contributed by atoms with van der Waals surface area (Å²) >= 11 is 1.50. The number of aryl methyl sites for hydroxylation is 2. The fraction of sp³-hybridized carbons (Fsp3) is 0.520. The first-order valence-corrected chi connectivity index (χ1v) is 12.6. The van der Waals surface area contributed by atoms with Gasteiger partial charge in [0.25, 0.3) is 0 Å². The van der Waals surface area contributed by atoms with E-state index in [0.29, 0.717) is 36.6 Å². The van der Waals surface area contributed by atoms with Gasteiger partial charge in [-0.1, -0.05) is 6.07 Å². The van der Waals surface area contributed by atoms with Crippen LogP contribution in [0.15, 0.2) is 30.7 Å². The quantitative estimate of drug-likeness (QED) is 0.465. The van der Waals surface area contributed by atoms with Crippen molar-refractivity contribution in [2.45, 2.75) is 78.0 Å². The second kappa shape index (κ2) is 9.46. The maximum atomic E-state index is 12.4. The van der Waals surface area contributed by atoms with Crippen LogP contribution in [0, 0.1) is 12.8 Å². The highest BCUT2D eigenvalue weighted by Gasteiger charge is 2.40. The number of nitrogens with one attached hydrogen (secondary N) is 1. The van der Waals surface area contributed by atoms with Gasteiger partial charge in [0.15, 0.2) is 0 Å². The number of aromatic nitrogens is 4. The minimum Gasteiger partial charge on any atom is -0.460 e. The number of benzene rings is 1. The van der Waals surface area contributed by atoms with E-state index in [0.717, 1.165) is 28.2 Å². The van der Waals surface area contributed by atoms with Crippen molar-refractivity contribution in [3.63, 3.8) is 0 Å². The molecule has 0 radical (unpaired) electrons. The summed E-state index contributed by atoms with van der Waals surface area (Å²) in [6.45, 7) is 10.5. The summed E-state index contributed by atoms with van der Waals surface area (Å²) in [6.07, 6.45) is 5.70. The Hall–Kier alpha value is -2.78. The molecule has 0 atom stereocenters. The number of carbonyl (C=O) groups excluding carboxylic acids is 1. The molecule has 1 saturated carbocycles. The first-order valence-electron chi connectivity index (χ1n) is 11.7. The Labute approximate surface area is 204 Å². The Bertz CT molecular complexity index is 1160. The average Bonchev–Trinajstić information content (AvgIpc) is 3.43. The number of thiazole rings is 1. The molecule has 182 valence electrons. The smallest absolute Gasteiger partial charge is 0.309 e. The van der Waals surface area contributed by atoms with Crippen LogP contribution in [0.2, 0.25) is 0 Å². The van der Waals surface area contributed by atoms with Crippen LogP contribution in [0.25, 0.3) is 10.4 Å². The molecule has 0 amide bonds. The van der Waals surface area contributed by atoms with E-state index in [1.807, 2.05) is 52.9 Å². The first kappa shape index (κ1) is 24.3. The normalized spacial score (nSPS) is 20.8. The monoisotopic (exact) mass is 483 g/mol. The molecule has 8 nitrogen and oxygen atoms in total. The van der Waals surface area contributed by atoms with Crippen LogP contribution in [0.3, 0.4) is 0 Å². The maximum Gasteiger partial charge on any atom is 0.309 e. The highest BCUT2D eigenvalue weighted by Crippen LogP contribution is 2.43. The van der Waals surface area contributed by atoms with Crippen molar-refractivity contribution in [2.24, 2.45) is 5.92 Å². The molecule has 2 aromatic heterocycles. The van der Waals surface area contributed by atoms with E-state index in [1.165, 1.54) is 11.3 Å². The van der Waals surface area contributed by atoms with Crippen LogP contribution in [0.1, 0.15) is 63.9 Å². The van der Waals surface area contributed by atoms with Crippen molar-refractivity contribution in [1.82, 2.24) is 19.7 Å². The summed E-state index contributed by atoms with van der Waals surface area (Å²) in [5, 5.41) is 19.7. The zero-order chi connectivity index (χ0) is 24.5. The molecule has 0 spiro atoms. The third-order valence-corrected chi connectivity index (χ3v) is 7.17. The molecule has 1 fully saturated rings. The van der Waals surface area contributed by atoms with Gasteiger partial charge in [-0.05, 0) is 83.6 Å². The zero-order valence-corrected chi connectivity index (χ0v) is 21.3. The number of nitrogens with zero attached hydrogens (tertiary/aromatic N) is 4. The van der Waals surface area contributed by atoms with Gasteiger partial charge in [0.2, 0.25) is 5.95 Å². The number of carbonyl (C=O) groups is 1. The topological polar surface area (TPSA) is 102 Å². The number of aliphatic hydroxyl groups is 1. The highest BCUT2D eigenvalue weighted by molar-refractivity contribution is 7.15. The maximum absolute atomic E-state index is 12.4. The number of anilines is 2. The molecule has 0 unspecified atom stereocenters. The molecule has 4 rings (SSSR count). The number of hydrogen-bond acceptors (Lipinski definition) is 8. The third-order valence-electron chi connectivity index (χ3n) is 5.94. The van der Waals surface area contributed by atoms with E-state index >= 15 is 0 Å². The largest absolute Gasteiger partial charge is 0.460 e. The predicted octanol–water partition coefficient (Wildman–Crippen LogP) is 5.19. The van der Waals surface area contributed by atoms with E-state index in [-0.39, 0.29) is 11.9 Å². The van der Waals surface area contributed by atoms with E-state index in [2.05, 4.69) is 26.4 Å². The number of rotatable bonds is 6. The summed E-state index contributed by atoms with van der Waals surface area (Å²) < 4.78 is 7.31. The fourth-order valence-electron chi connectivity index (χ4n) is 4.18. The lowest BCUT2D eigenvalue weighted by Gasteiger charge is -2.34. The van der Waals surface area contributed by atoms with Crippen LogP contribution >= 0.6 is 11.3 Å². The molecular weight excluding hydrogens is 450 g/mol. The Morgan fingerprint density at radius 3 is 2.65 bits per heavy atom. The fourth-order valence-corrected chi connectivity index (χ4v) is 5.23. The second-order valence-corrected chi connectivity index (χ2v) is 11.0. The second-order valence-electron chi connectivity index (χ2n) is 10.0. The molecule has 9 heteroatoms. The lowest BCUT2D eigenvalue weighted by atomic mass is 9.79.